The number of carbonyl (C=O) groups excluding carboxylic acids is 1. The van der Waals surface area contributed by atoms with Crippen LogP contribution >= 0.6 is 0 Å². The van der Waals surface area contributed by atoms with E-state index in [1.807, 2.05) is 43.3 Å². The fourth-order valence-corrected chi connectivity index (χ4v) is 3.04. The summed E-state index contributed by atoms with van der Waals surface area (Å²) in [6.45, 7) is 2.19. The Hall–Kier alpha value is -3.93. The van der Waals surface area contributed by atoms with E-state index in [-0.39, 0.29) is 11.7 Å². The number of hydrogen-bond donors (Lipinski definition) is 2. The molecule has 0 radical (unpaired) electrons. The van der Waals surface area contributed by atoms with Gasteiger partial charge in [0, 0.05) is 23.0 Å². The van der Waals surface area contributed by atoms with Gasteiger partial charge in [-0.3, -0.25) is 4.79 Å². The SMILES string of the molecule is Cc1ccc(CNC(=O)c2cccc(Nc3ccc(-c4cccc(F)c4)cn3)c2)o1. The summed E-state index contributed by atoms with van der Waals surface area (Å²) in [5.41, 5.74) is 2.85. The first-order valence-corrected chi connectivity index (χ1v) is 9.49. The number of aryl methyl sites for hydroxylation is 1. The van der Waals surface area contributed by atoms with Gasteiger partial charge >= 0.3 is 0 Å². The third-order valence-electron chi connectivity index (χ3n) is 4.54. The number of aromatic nitrogens is 1. The Morgan fingerprint density at radius 3 is 2.60 bits per heavy atom. The average molecular weight is 401 g/mol. The number of nitrogens with zero attached hydrogens (tertiary/aromatic N) is 1. The molecule has 0 atom stereocenters. The predicted molar refractivity (Wildman–Crippen MR) is 114 cm³/mol. The second kappa shape index (κ2) is 8.61. The third-order valence-corrected chi connectivity index (χ3v) is 4.54. The molecule has 0 saturated heterocycles. The summed E-state index contributed by atoms with van der Waals surface area (Å²) in [5, 5.41) is 6.03. The normalized spacial score (nSPS) is 10.6. The second-order valence-corrected chi connectivity index (χ2v) is 6.84. The number of amides is 1. The molecule has 2 aromatic carbocycles. The third kappa shape index (κ3) is 4.72. The van der Waals surface area contributed by atoms with Crippen molar-refractivity contribution in [1.29, 1.82) is 0 Å². The minimum atomic E-state index is -0.285. The summed E-state index contributed by atoms with van der Waals surface area (Å²) < 4.78 is 18.9. The van der Waals surface area contributed by atoms with Crippen molar-refractivity contribution in [2.24, 2.45) is 0 Å². The van der Waals surface area contributed by atoms with Gasteiger partial charge in [0.25, 0.3) is 5.91 Å². The summed E-state index contributed by atoms with van der Waals surface area (Å²) in [5.74, 6) is 1.66. The number of hydrogen-bond acceptors (Lipinski definition) is 4. The molecule has 0 spiro atoms. The van der Waals surface area contributed by atoms with Crippen molar-refractivity contribution in [3.63, 3.8) is 0 Å². The van der Waals surface area contributed by atoms with Crippen LogP contribution in [0.15, 0.2) is 83.4 Å². The largest absolute Gasteiger partial charge is 0.465 e. The van der Waals surface area contributed by atoms with Crippen molar-refractivity contribution in [2.75, 3.05) is 5.32 Å². The van der Waals surface area contributed by atoms with Crippen LogP contribution in [0.5, 0.6) is 0 Å². The highest BCUT2D eigenvalue weighted by molar-refractivity contribution is 5.95. The molecule has 30 heavy (non-hydrogen) atoms. The molecular weight excluding hydrogens is 381 g/mol. The van der Waals surface area contributed by atoms with Gasteiger partial charge in [-0.25, -0.2) is 9.37 Å². The van der Waals surface area contributed by atoms with Crippen LogP contribution in [0.2, 0.25) is 0 Å². The van der Waals surface area contributed by atoms with Gasteiger partial charge in [-0.05, 0) is 67.1 Å². The molecule has 2 aromatic heterocycles. The Kier molecular flexibility index (Phi) is 5.57. The Balaban J connectivity index is 1.42. The molecular formula is C24H20FN3O2. The molecule has 4 rings (SSSR count). The van der Waals surface area contributed by atoms with Crippen molar-refractivity contribution < 1.29 is 13.6 Å². The zero-order valence-corrected chi connectivity index (χ0v) is 16.4. The molecule has 0 aliphatic heterocycles. The van der Waals surface area contributed by atoms with Crippen LogP contribution in [0.3, 0.4) is 0 Å². The minimum Gasteiger partial charge on any atom is -0.465 e. The number of anilines is 2. The van der Waals surface area contributed by atoms with Crippen molar-refractivity contribution in [2.45, 2.75) is 13.5 Å². The molecule has 2 heterocycles. The summed E-state index contributed by atoms with van der Waals surface area (Å²) in [6.07, 6.45) is 1.68. The van der Waals surface area contributed by atoms with Crippen LogP contribution in [-0.2, 0) is 6.54 Å². The monoisotopic (exact) mass is 401 g/mol. The standard InChI is InChI=1S/C24H20FN3O2/c1-16-8-10-22(30-16)15-27-24(29)18-5-3-7-21(13-18)28-23-11-9-19(14-26-23)17-4-2-6-20(25)12-17/h2-14H,15H2,1H3,(H,26,28)(H,27,29). The fourth-order valence-electron chi connectivity index (χ4n) is 3.04. The summed E-state index contributed by atoms with van der Waals surface area (Å²) in [6, 6.07) is 20.9. The maximum Gasteiger partial charge on any atom is 0.251 e. The molecule has 6 heteroatoms. The van der Waals surface area contributed by atoms with Crippen molar-refractivity contribution in [3.05, 3.63) is 102 Å². The molecule has 0 bridgehead atoms. The zero-order chi connectivity index (χ0) is 20.9. The highest BCUT2D eigenvalue weighted by Crippen LogP contribution is 2.22. The van der Waals surface area contributed by atoms with Crippen LogP contribution in [0.25, 0.3) is 11.1 Å². The topological polar surface area (TPSA) is 67.2 Å². The quantitative estimate of drug-likeness (QED) is 0.450. The van der Waals surface area contributed by atoms with Crippen LogP contribution in [0, 0.1) is 12.7 Å². The maximum absolute atomic E-state index is 13.4. The summed E-state index contributed by atoms with van der Waals surface area (Å²) in [4.78, 5) is 16.8. The molecule has 150 valence electrons. The van der Waals surface area contributed by atoms with E-state index in [4.69, 9.17) is 4.42 Å². The van der Waals surface area contributed by atoms with Gasteiger partial charge < -0.3 is 15.1 Å². The molecule has 2 N–H and O–H groups in total. The number of rotatable bonds is 6. The Morgan fingerprint density at radius 2 is 1.87 bits per heavy atom. The first-order valence-electron chi connectivity index (χ1n) is 9.49. The highest BCUT2D eigenvalue weighted by atomic mass is 19.1. The smallest absolute Gasteiger partial charge is 0.251 e. The summed E-state index contributed by atoms with van der Waals surface area (Å²) in [7, 11) is 0. The number of halogens is 1. The Labute approximate surface area is 173 Å². The number of pyridine rings is 1. The molecule has 5 nitrogen and oxygen atoms in total. The molecule has 0 aliphatic carbocycles. The van der Waals surface area contributed by atoms with E-state index >= 15 is 0 Å². The van der Waals surface area contributed by atoms with E-state index < -0.39 is 0 Å². The number of nitrogens with one attached hydrogen (secondary N) is 2. The van der Waals surface area contributed by atoms with E-state index in [0.29, 0.717) is 23.7 Å². The van der Waals surface area contributed by atoms with Gasteiger partial charge in [0.05, 0.1) is 6.54 Å². The lowest BCUT2D eigenvalue weighted by molar-refractivity contribution is 0.0948. The van der Waals surface area contributed by atoms with Gasteiger partial charge in [0.2, 0.25) is 0 Å². The summed E-state index contributed by atoms with van der Waals surface area (Å²) >= 11 is 0. The highest BCUT2D eigenvalue weighted by Gasteiger charge is 2.08. The van der Waals surface area contributed by atoms with Gasteiger partial charge in [-0.2, -0.15) is 0 Å². The fraction of sp³-hybridized carbons (Fsp3) is 0.0833. The van der Waals surface area contributed by atoms with Crippen molar-refractivity contribution in [1.82, 2.24) is 10.3 Å². The lowest BCUT2D eigenvalue weighted by atomic mass is 10.1. The van der Waals surface area contributed by atoms with Crippen LogP contribution in [-0.4, -0.2) is 10.9 Å². The van der Waals surface area contributed by atoms with E-state index in [1.165, 1.54) is 12.1 Å². The number of carbonyl (C=O) groups is 1. The van der Waals surface area contributed by atoms with Gasteiger partial charge in [0.15, 0.2) is 0 Å². The van der Waals surface area contributed by atoms with Gasteiger partial charge in [-0.1, -0.05) is 18.2 Å². The molecule has 0 unspecified atom stereocenters. The zero-order valence-electron chi connectivity index (χ0n) is 16.4. The Bertz CT molecular complexity index is 1170. The molecule has 1 amide bonds. The first-order chi connectivity index (χ1) is 14.6. The molecule has 0 aliphatic rings. The molecule has 0 fully saturated rings. The van der Waals surface area contributed by atoms with E-state index in [9.17, 15) is 9.18 Å². The van der Waals surface area contributed by atoms with Crippen molar-refractivity contribution >= 4 is 17.4 Å². The number of benzene rings is 2. The van der Waals surface area contributed by atoms with Crippen LogP contribution in [0.4, 0.5) is 15.9 Å². The predicted octanol–water partition coefficient (Wildman–Crippen LogP) is 5.46. The van der Waals surface area contributed by atoms with Crippen LogP contribution in [0.1, 0.15) is 21.9 Å². The van der Waals surface area contributed by atoms with E-state index in [2.05, 4.69) is 15.6 Å². The number of furan rings is 1. The van der Waals surface area contributed by atoms with E-state index in [1.54, 1.807) is 30.5 Å². The molecule has 4 aromatic rings. The minimum absolute atomic E-state index is 0.192. The van der Waals surface area contributed by atoms with Gasteiger partial charge in [0.1, 0.15) is 23.2 Å². The Morgan fingerprint density at radius 1 is 1.00 bits per heavy atom. The maximum atomic E-state index is 13.4. The lowest BCUT2D eigenvalue weighted by Crippen LogP contribution is -2.22. The lowest BCUT2D eigenvalue weighted by Gasteiger charge is -2.09. The average Bonchev–Trinajstić information content (AvgIpc) is 3.18. The first kappa shape index (κ1) is 19.4. The van der Waals surface area contributed by atoms with Gasteiger partial charge in [-0.15, -0.1) is 0 Å². The molecule has 0 saturated carbocycles. The van der Waals surface area contributed by atoms with Crippen LogP contribution < -0.4 is 10.6 Å². The second-order valence-electron chi connectivity index (χ2n) is 6.84. The van der Waals surface area contributed by atoms with E-state index in [0.717, 1.165) is 22.6 Å². The van der Waals surface area contributed by atoms with Crippen molar-refractivity contribution in [3.8, 4) is 11.1 Å².